The zero-order chi connectivity index (χ0) is 28.3. The Morgan fingerprint density at radius 2 is 1.00 bits per heavy atom. The van der Waals surface area contributed by atoms with Crippen LogP contribution in [-0.4, -0.2) is 18.4 Å². The Morgan fingerprint density at radius 1 is 0.500 bits per heavy atom. The summed E-state index contributed by atoms with van der Waals surface area (Å²) < 4.78 is 12.4. The molecule has 2 aliphatic rings. The van der Waals surface area contributed by atoms with Gasteiger partial charge in [-0.05, 0) is 0 Å². The van der Waals surface area contributed by atoms with Crippen LogP contribution in [0.3, 0.4) is 0 Å². The van der Waals surface area contributed by atoms with E-state index >= 15 is 0 Å². The monoisotopic (exact) mass is 649 g/mol. The van der Waals surface area contributed by atoms with Crippen LogP contribution >= 0.6 is 0 Å². The number of benzene rings is 6. The van der Waals surface area contributed by atoms with Gasteiger partial charge in [-0.2, -0.15) is 0 Å². The van der Waals surface area contributed by atoms with Crippen LogP contribution < -0.4 is 24.0 Å². The summed E-state index contributed by atoms with van der Waals surface area (Å²) in [6.07, 6.45) is 0. The molecule has 0 saturated carbocycles. The first kappa shape index (κ1) is 25.4. The van der Waals surface area contributed by atoms with Crippen LogP contribution in [0.25, 0.3) is 0 Å². The van der Waals surface area contributed by atoms with Gasteiger partial charge < -0.3 is 0 Å². The van der Waals surface area contributed by atoms with E-state index in [1.54, 1.807) is 0 Å². The molecule has 0 fully saturated rings. The van der Waals surface area contributed by atoms with Gasteiger partial charge >= 0.3 is 253 Å². The molecular formula is C39H31NOSn. The topological polar surface area (TPSA) is 12.5 Å². The van der Waals surface area contributed by atoms with Crippen LogP contribution in [0.15, 0.2) is 152 Å². The molecule has 6 aromatic rings. The minimum atomic E-state index is -3.75. The first-order valence-corrected chi connectivity index (χ1v) is 20.3. The van der Waals surface area contributed by atoms with E-state index in [0.29, 0.717) is 0 Å². The number of para-hydroxylation sites is 3. The van der Waals surface area contributed by atoms with Crippen LogP contribution in [0.5, 0.6) is 11.5 Å². The number of ether oxygens (including phenoxy) is 1. The third-order valence-corrected chi connectivity index (χ3v) is 23.0. The molecule has 0 spiro atoms. The van der Waals surface area contributed by atoms with Gasteiger partial charge in [-0.25, -0.2) is 0 Å². The van der Waals surface area contributed by atoms with E-state index in [1.165, 1.54) is 36.8 Å². The molecule has 0 atom stereocenters. The quantitative estimate of drug-likeness (QED) is 0.187. The van der Waals surface area contributed by atoms with Gasteiger partial charge in [0.15, 0.2) is 0 Å². The first-order valence-electron chi connectivity index (χ1n) is 14.6. The molecule has 2 aliphatic heterocycles. The fourth-order valence-electron chi connectivity index (χ4n) is 7.29. The Labute approximate surface area is 251 Å². The van der Waals surface area contributed by atoms with Crippen molar-refractivity contribution < 1.29 is 4.74 Å². The molecule has 2 heterocycles. The second-order valence-corrected chi connectivity index (χ2v) is 22.4. The zero-order valence-electron chi connectivity index (χ0n) is 23.8. The summed E-state index contributed by atoms with van der Waals surface area (Å²) >= 11 is -3.75. The van der Waals surface area contributed by atoms with Crippen molar-refractivity contribution in [1.82, 2.24) is 0 Å². The third-order valence-electron chi connectivity index (χ3n) is 9.19. The normalized spacial score (nSPS) is 15.4. The van der Waals surface area contributed by atoms with Crippen molar-refractivity contribution in [2.24, 2.45) is 0 Å². The number of nitrogens with zero attached hydrogens (tertiary/aromatic N) is 1. The summed E-state index contributed by atoms with van der Waals surface area (Å²) in [5, 5.41) is 0. The Hall–Kier alpha value is -4.28. The van der Waals surface area contributed by atoms with Crippen molar-refractivity contribution in [3.8, 4) is 11.5 Å². The van der Waals surface area contributed by atoms with Crippen molar-refractivity contribution in [2.75, 3.05) is 4.90 Å². The summed E-state index contributed by atoms with van der Waals surface area (Å²) in [5.74, 6) is 1.95. The number of hydrogen-bond acceptors (Lipinski definition) is 2. The van der Waals surface area contributed by atoms with Crippen molar-refractivity contribution in [3.63, 3.8) is 0 Å². The SMILES string of the molecule is CC1(C)c2ccccc2N(c2cc[c]3c(c2)Oc2cccc[c]2[Sn]3([c]2ccccc2)[c]2ccccc2)c2ccccc21. The van der Waals surface area contributed by atoms with E-state index in [9.17, 15) is 0 Å². The Kier molecular flexibility index (Phi) is 5.84. The molecule has 3 heteroatoms. The maximum absolute atomic E-state index is 6.85. The number of hydrogen-bond donors (Lipinski definition) is 0. The molecule has 0 bridgehead atoms. The van der Waals surface area contributed by atoms with Gasteiger partial charge in [-0.15, -0.1) is 0 Å². The molecular weight excluding hydrogens is 617 g/mol. The second-order valence-electron chi connectivity index (χ2n) is 11.8. The van der Waals surface area contributed by atoms with E-state index in [2.05, 4.69) is 170 Å². The van der Waals surface area contributed by atoms with Crippen LogP contribution in [0.1, 0.15) is 25.0 Å². The van der Waals surface area contributed by atoms with Gasteiger partial charge in [-0.3, -0.25) is 0 Å². The van der Waals surface area contributed by atoms with Gasteiger partial charge in [0.25, 0.3) is 0 Å². The standard InChI is InChI=1S/C27H21NO.2C6H5.Sn/c1-27(2)23-15-6-8-17-25(23)28(26-18-9-7-16-24(26)27)20-11-10-14-22(19-20)29-21-12-4-3-5-13-21;2*1-2-4-6-5-3-1;/h3-12,15-19H,1-2H3;2*1-5H;. The van der Waals surface area contributed by atoms with Crippen LogP contribution in [-0.2, 0) is 5.41 Å². The van der Waals surface area contributed by atoms with Gasteiger partial charge in [0, 0.05) is 0 Å². The third kappa shape index (κ3) is 3.58. The summed E-state index contributed by atoms with van der Waals surface area (Å²) in [7, 11) is 0. The predicted molar refractivity (Wildman–Crippen MR) is 177 cm³/mol. The van der Waals surface area contributed by atoms with E-state index in [-0.39, 0.29) is 5.41 Å². The molecule has 0 amide bonds. The molecule has 8 rings (SSSR count). The average Bonchev–Trinajstić information content (AvgIpc) is 3.04. The van der Waals surface area contributed by atoms with E-state index in [0.717, 1.165) is 17.2 Å². The molecule has 202 valence electrons. The Morgan fingerprint density at radius 3 is 1.62 bits per heavy atom. The maximum atomic E-state index is 6.85. The molecule has 2 nitrogen and oxygen atoms in total. The summed E-state index contributed by atoms with van der Waals surface area (Å²) in [6.45, 7) is 4.66. The van der Waals surface area contributed by atoms with Crippen LogP contribution in [0.2, 0.25) is 0 Å². The van der Waals surface area contributed by atoms with Gasteiger partial charge in [0.1, 0.15) is 0 Å². The molecule has 0 N–H and O–H groups in total. The Balaban J connectivity index is 1.41. The molecule has 6 aromatic carbocycles. The van der Waals surface area contributed by atoms with Crippen molar-refractivity contribution in [2.45, 2.75) is 19.3 Å². The number of fused-ring (bicyclic) bond motifs is 4. The van der Waals surface area contributed by atoms with Gasteiger partial charge in [0.05, 0.1) is 0 Å². The van der Waals surface area contributed by atoms with E-state index in [1.807, 2.05) is 0 Å². The number of rotatable bonds is 3. The van der Waals surface area contributed by atoms with Gasteiger partial charge in [-0.1, -0.05) is 0 Å². The second kappa shape index (κ2) is 9.64. The van der Waals surface area contributed by atoms with Crippen molar-refractivity contribution >= 4 is 49.8 Å². The molecule has 42 heavy (non-hydrogen) atoms. The summed E-state index contributed by atoms with van der Waals surface area (Å²) in [6, 6.07) is 55.7. The molecule has 0 radical (unpaired) electrons. The van der Waals surface area contributed by atoms with Crippen LogP contribution in [0.4, 0.5) is 17.1 Å². The Bertz CT molecular complexity index is 1860. The van der Waals surface area contributed by atoms with Crippen LogP contribution in [0, 0.1) is 0 Å². The molecule has 0 saturated heterocycles. The average molecular weight is 648 g/mol. The molecule has 0 aliphatic carbocycles. The molecule has 0 aromatic heterocycles. The van der Waals surface area contributed by atoms with Crippen molar-refractivity contribution in [1.29, 1.82) is 0 Å². The number of anilines is 3. The van der Waals surface area contributed by atoms with E-state index < -0.39 is 18.4 Å². The summed E-state index contributed by atoms with van der Waals surface area (Å²) in [5.41, 5.74) is 6.12. The fraction of sp³-hybridized carbons (Fsp3) is 0.0769. The fourth-order valence-corrected chi connectivity index (χ4v) is 21.4. The predicted octanol–water partition coefficient (Wildman–Crippen LogP) is 7.28. The van der Waals surface area contributed by atoms with Crippen molar-refractivity contribution in [3.05, 3.63) is 163 Å². The summed E-state index contributed by atoms with van der Waals surface area (Å²) in [4.78, 5) is 2.42. The molecule has 0 unspecified atom stereocenters. The first-order chi connectivity index (χ1) is 20.6. The van der Waals surface area contributed by atoms with E-state index in [4.69, 9.17) is 4.74 Å². The zero-order valence-corrected chi connectivity index (χ0v) is 26.6. The minimum absolute atomic E-state index is 0.0977. The van der Waals surface area contributed by atoms with Gasteiger partial charge in [0.2, 0.25) is 0 Å².